The molecule has 0 fully saturated rings. The van der Waals surface area contributed by atoms with Gasteiger partial charge in [0.1, 0.15) is 5.75 Å². The van der Waals surface area contributed by atoms with E-state index in [2.05, 4.69) is 10.3 Å². The summed E-state index contributed by atoms with van der Waals surface area (Å²) in [5.74, 6) is 0.829. The highest BCUT2D eigenvalue weighted by atomic mass is 35.5. The van der Waals surface area contributed by atoms with Gasteiger partial charge in [-0.15, -0.1) is 0 Å². The van der Waals surface area contributed by atoms with E-state index < -0.39 is 0 Å². The summed E-state index contributed by atoms with van der Waals surface area (Å²) in [6, 6.07) is 9.46. The molecule has 3 nitrogen and oxygen atoms in total. The predicted octanol–water partition coefficient (Wildman–Crippen LogP) is 4.10. The second-order valence-electron chi connectivity index (χ2n) is 4.25. The zero-order valence-electron chi connectivity index (χ0n) is 11.4. The third-order valence-electron chi connectivity index (χ3n) is 2.90. The van der Waals surface area contributed by atoms with Gasteiger partial charge in [0.25, 0.3) is 0 Å². The van der Waals surface area contributed by atoms with E-state index in [1.807, 2.05) is 38.2 Å². The molecule has 20 heavy (non-hydrogen) atoms. The van der Waals surface area contributed by atoms with Crippen LogP contribution in [0.25, 0.3) is 0 Å². The summed E-state index contributed by atoms with van der Waals surface area (Å²) >= 11 is 12.1. The Morgan fingerprint density at radius 2 is 2.10 bits per heavy atom. The Kier molecular flexibility index (Phi) is 5.24. The zero-order valence-corrected chi connectivity index (χ0v) is 12.9. The number of pyridine rings is 1. The van der Waals surface area contributed by atoms with Gasteiger partial charge in [0.2, 0.25) is 0 Å². The first-order chi connectivity index (χ1) is 9.65. The average molecular weight is 311 g/mol. The molecule has 5 heteroatoms. The maximum Gasteiger partial charge on any atom is 0.119 e. The van der Waals surface area contributed by atoms with Gasteiger partial charge < -0.3 is 10.1 Å². The summed E-state index contributed by atoms with van der Waals surface area (Å²) in [5.41, 5.74) is 1.78. The molecular formula is C15H16Cl2N2O. The molecule has 0 spiro atoms. The second kappa shape index (κ2) is 6.93. The van der Waals surface area contributed by atoms with Crippen LogP contribution in [0, 0.1) is 0 Å². The van der Waals surface area contributed by atoms with Gasteiger partial charge in [0.05, 0.1) is 28.4 Å². The maximum absolute atomic E-state index is 6.24. The largest absolute Gasteiger partial charge is 0.494 e. The van der Waals surface area contributed by atoms with Gasteiger partial charge in [-0.3, -0.25) is 4.98 Å². The van der Waals surface area contributed by atoms with E-state index in [4.69, 9.17) is 27.9 Å². The van der Waals surface area contributed by atoms with Crippen LogP contribution in [-0.2, 0) is 0 Å². The Morgan fingerprint density at radius 3 is 2.75 bits per heavy atom. The maximum atomic E-state index is 6.24. The van der Waals surface area contributed by atoms with E-state index in [1.54, 1.807) is 12.3 Å². The van der Waals surface area contributed by atoms with E-state index >= 15 is 0 Å². The first-order valence-corrected chi connectivity index (χ1v) is 7.12. The highest BCUT2D eigenvalue weighted by Crippen LogP contribution is 2.29. The number of hydrogen-bond acceptors (Lipinski definition) is 3. The lowest BCUT2D eigenvalue weighted by Crippen LogP contribution is -2.19. The third kappa shape index (κ3) is 3.42. The topological polar surface area (TPSA) is 34.1 Å². The van der Waals surface area contributed by atoms with Crippen molar-refractivity contribution in [3.63, 3.8) is 0 Å². The number of nitrogens with one attached hydrogen (secondary N) is 1. The summed E-state index contributed by atoms with van der Waals surface area (Å²) < 4.78 is 5.52. The molecule has 0 aliphatic rings. The molecule has 1 N–H and O–H groups in total. The van der Waals surface area contributed by atoms with Crippen LogP contribution in [-0.4, -0.2) is 18.6 Å². The summed E-state index contributed by atoms with van der Waals surface area (Å²) in [5, 5.41) is 4.28. The van der Waals surface area contributed by atoms with Crippen molar-refractivity contribution in [3.05, 3.63) is 57.8 Å². The van der Waals surface area contributed by atoms with E-state index in [1.165, 1.54) is 0 Å². The molecule has 0 amide bonds. The Bertz CT molecular complexity index is 590. The molecule has 0 saturated carbocycles. The molecule has 0 aliphatic carbocycles. The molecule has 1 heterocycles. The van der Waals surface area contributed by atoms with Gasteiger partial charge in [-0.05, 0) is 37.7 Å². The van der Waals surface area contributed by atoms with Crippen molar-refractivity contribution < 1.29 is 4.74 Å². The quantitative estimate of drug-likeness (QED) is 0.903. The van der Waals surface area contributed by atoms with Crippen LogP contribution in [0.3, 0.4) is 0 Å². The molecular weight excluding hydrogens is 295 g/mol. The number of halogens is 2. The average Bonchev–Trinajstić information content (AvgIpc) is 2.43. The molecule has 0 bridgehead atoms. The number of rotatable bonds is 5. The molecule has 2 rings (SSSR count). The molecule has 1 atom stereocenters. The highest BCUT2D eigenvalue weighted by Gasteiger charge is 2.17. The fraction of sp³-hybridized carbons (Fsp3) is 0.267. The van der Waals surface area contributed by atoms with Crippen LogP contribution >= 0.6 is 23.2 Å². The summed E-state index contributed by atoms with van der Waals surface area (Å²) in [7, 11) is 1.87. The Balaban J connectivity index is 2.38. The lowest BCUT2D eigenvalue weighted by molar-refractivity contribution is 0.339. The van der Waals surface area contributed by atoms with Gasteiger partial charge >= 0.3 is 0 Å². The van der Waals surface area contributed by atoms with Crippen LogP contribution < -0.4 is 10.1 Å². The van der Waals surface area contributed by atoms with Crippen LogP contribution in [0.2, 0.25) is 10.0 Å². The van der Waals surface area contributed by atoms with Crippen LogP contribution in [0.4, 0.5) is 0 Å². The molecule has 0 radical (unpaired) electrons. The minimum absolute atomic E-state index is 0.111. The van der Waals surface area contributed by atoms with Crippen molar-refractivity contribution in [2.75, 3.05) is 13.7 Å². The van der Waals surface area contributed by atoms with Gasteiger partial charge in [-0.25, -0.2) is 0 Å². The van der Waals surface area contributed by atoms with E-state index in [-0.39, 0.29) is 6.04 Å². The lowest BCUT2D eigenvalue weighted by Gasteiger charge is -2.18. The number of ether oxygens (including phenoxy) is 1. The third-order valence-corrected chi connectivity index (χ3v) is 3.41. The fourth-order valence-electron chi connectivity index (χ4n) is 2.05. The van der Waals surface area contributed by atoms with Gasteiger partial charge in [0, 0.05) is 6.20 Å². The fourth-order valence-corrected chi connectivity index (χ4v) is 2.54. The SMILES string of the molecule is CCOc1cccc(C(NC)c2ncc(Cl)cc2Cl)c1. The van der Waals surface area contributed by atoms with Crippen molar-refractivity contribution in [3.8, 4) is 5.75 Å². The van der Waals surface area contributed by atoms with Crippen molar-refractivity contribution in [2.24, 2.45) is 0 Å². The van der Waals surface area contributed by atoms with E-state index in [9.17, 15) is 0 Å². The van der Waals surface area contributed by atoms with Crippen LogP contribution in [0.15, 0.2) is 36.5 Å². The molecule has 0 saturated heterocycles. The standard InChI is InChI=1S/C15H16Cl2N2O/c1-3-20-12-6-4-5-10(7-12)14(18-2)15-13(17)8-11(16)9-19-15/h4-9,14,18H,3H2,1-2H3. The Labute approximate surface area is 128 Å². The Morgan fingerprint density at radius 1 is 1.30 bits per heavy atom. The highest BCUT2D eigenvalue weighted by molar-refractivity contribution is 6.34. The molecule has 1 aromatic carbocycles. The zero-order chi connectivity index (χ0) is 14.5. The van der Waals surface area contributed by atoms with Gasteiger partial charge in [-0.2, -0.15) is 0 Å². The number of benzene rings is 1. The predicted molar refractivity (Wildman–Crippen MR) is 82.8 cm³/mol. The molecule has 1 aromatic heterocycles. The summed E-state index contributed by atoms with van der Waals surface area (Å²) in [4.78, 5) is 4.33. The molecule has 106 valence electrons. The normalized spacial score (nSPS) is 12.2. The summed E-state index contributed by atoms with van der Waals surface area (Å²) in [6.45, 7) is 2.59. The van der Waals surface area contributed by atoms with Crippen molar-refractivity contribution in [1.82, 2.24) is 10.3 Å². The number of hydrogen-bond donors (Lipinski definition) is 1. The number of aromatic nitrogens is 1. The molecule has 2 aromatic rings. The van der Waals surface area contributed by atoms with Crippen molar-refractivity contribution in [1.29, 1.82) is 0 Å². The molecule has 0 aliphatic heterocycles. The minimum atomic E-state index is -0.111. The molecule has 1 unspecified atom stereocenters. The van der Waals surface area contributed by atoms with Crippen molar-refractivity contribution in [2.45, 2.75) is 13.0 Å². The van der Waals surface area contributed by atoms with E-state index in [0.717, 1.165) is 17.0 Å². The number of nitrogens with zero attached hydrogens (tertiary/aromatic N) is 1. The first kappa shape index (κ1) is 15.1. The first-order valence-electron chi connectivity index (χ1n) is 6.36. The van der Waals surface area contributed by atoms with Crippen LogP contribution in [0.5, 0.6) is 5.75 Å². The van der Waals surface area contributed by atoms with Crippen molar-refractivity contribution >= 4 is 23.2 Å². The van der Waals surface area contributed by atoms with Gasteiger partial charge in [-0.1, -0.05) is 35.3 Å². The van der Waals surface area contributed by atoms with Gasteiger partial charge in [0.15, 0.2) is 0 Å². The summed E-state index contributed by atoms with van der Waals surface area (Å²) in [6.07, 6.45) is 1.60. The lowest BCUT2D eigenvalue weighted by atomic mass is 10.0. The van der Waals surface area contributed by atoms with Crippen LogP contribution in [0.1, 0.15) is 24.2 Å². The smallest absolute Gasteiger partial charge is 0.119 e. The Hall–Kier alpha value is -1.29. The second-order valence-corrected chi connectivity index (χ2v) is 5.09. The minimum Gasteiger partial charge on any atom is -0.494 e. The van der Waals surface area contributed by atoms with E-state index in [0.29, 0.717) is 16.7 Å². The monoisotopic (exact) mass is 310 g/mol.